The summed E-state index contributed by atoms with van der Waals surface area (Å²) in [6.45, 7) is 1.90. The van der Waals surface area contributed by atoms with Crippen LogP contribution in [0.15, 0.2) is 29.0 Å². The number of hydrogen-bond donors (Lipinski definition) is 1. The van der Waals surface area contributed by atoms with Crippen molar-refractivity contribution in [2.75, 3.05) is 11.9 Å². The number of hydrogen-bond acceptors (Lipinski definition) is 4. The van der Waals surface area contributed by atoms with Gasteiger partial charge < -0.3 is 15.1 Å². The summed E-state index contributed by atoms with van der Waals surface area (Å²) in [6, 6.07) is 5.55. The molecule has 1 amide bonds. The Balaban J connectivity index is 2.11. The Bertz CT molecular complexity index is 548. The average molecular weight is 247 g/mol. The zero-order valence-electron chi connectivity index (χ0n) is 10.6. The van der Waals surface area contributed by atoms with Gasteiger partial charge in [0.1, 0.15) is 5.52 Å². The molecule has 5 nitrogen and oxygen atoms in total. The van der Waals surface area contributed by atoms with Crippen molar-refractivity contribution in [2.24, 2.45) is 5.73 Å². The summed E-state index contributed by atoms with van der Waals surface area (Å²) in [7, 11) is 1.75. The molecule has 0 fully saturated rings. The van der Waals surface area contributed by atoms with E-state index in [0.29, 0.717) is 18.4 Å². The lowest BCUT2D eigenvalue weighted by atomic mass is 10.1. The lowest BCUT2D eigenvalue weighted by molar-refractivity contribution is -0.118. The van der Waals surface area contributed by atoms with Gasteiger partial charge in [0.25, 0.3) is 0 Å². The van der Waals surface area contributed by atoms with Crippen molar-refractivity contribution in [3.63, 3.8) is 0 Å². The predicted octanol–water partition coefficient (Wildman–Crippen LogP) is 1.92. The second kappa shape index (κ2) is 5.18. The molecule has 0 saturated heterocycles. The summed E-state index contributed by atoms with van der Waals surface area (Å²) < 4.78 is 5.22. The zero-order chi connectivity index (χ0) is 13.1. The van der Waals surface area contributed by atoms with Crippen molar-refractivity contribution >= 4 is 22.7 Å². The van der Waals surface area contributed by atoms with Crippen LogP contribution in [0.25, 0.3) is 11.1 Å². The SMILES string of the molecule is CC(N)CCC(=O)N(C)c1ccc2ncoc2c1. The van der Waals surface area contributed by atoms with Gasteiger partial charge in [-0.25, -0.2) is 4.98 Å². The van der Waals surface area contributed by atoms with Crippen LogP contribution in [0, 0.1) is 0 Å². The Morgan fingerprint density at radius 3 is 3.06 bits per heavy atom. The van der Waals surface area contributed by atoms with E-state index in [-0.39, 0.29) is 11.9 Å². The summed E-state index contributed by atoms with van der Waals surface area (Å²) in [4.78, 5) is 17.6. The van der Waals surface area contributed by atoms with Crippen molar-refractivity contribution in [1.29, 1.82) is 0 Å². The highest BCUT2D eigenvalue weighted by atomic mass is 16.3. The number of anilines is 1. The molecule has 1 aromatic carbocycles. The Morgan fingerprint density at radius 2 is 2.33 bits per heavy atom. The van der Waals surface area contributed by atoms with Crippen LogP contribution in [0.2, 0.25) is 0 Å². The summed E-state index contributed by atoms with van der Waals surface area (Å²) in [5, 5.41) is 0. The molecule has 0 aliphatic carbocycles. The van der Waals surface area contributed by atoms with E-state index in [4.69, 9.17) is 10.2 Å². The van der Waals surface area contributed by atoms with Gasteiger partial charge in [-0.2, -0.15) is 0 Å². The van der Waals surface area contributed by atoms with Crippen molar-refractivity contribution in [2.45, 2.75) is 25.8 Å². The van der Waals surface area contributed by atoms with Gasteiger partial charge >= 0.3 is 0 Å². The van der Waals surface area contributed by atoms with Crippen molar-refractivity contribution in [1.82, 2.24) is 4.98 Å². The Kier molecular flexibility index (Phi) is 3.62. The van der Waals surface area contributed by atoms with Crippen molar-refractivity contribution in [3.8, 4) is 0 Å². The van der Waals surface area contributed by atoms with Gasteiger partial charge in [0, 0.05) is 31.3 Å². The number of carbonyl (C=O) groups is 1. The van der Waals surface area contributed by atoms with Crippen molar-refractivity contribution < 1.29 is 9.21 Å². The number of nitrogens with two attached hydrogens (primary N) is 1. The number of benzene rings is 1. The number of nitrogens with zero attached hydrogens (tertiary/aromatic N) is 2. The third-order valence-electron chi connectivity index (χ3n) is 2.89. The molecule has 0 bridgehead atoms. The molecule has 1 aromatic heterocycles. The Labute approximate surface area is 106 Å². The molecule has 96 valence electrons. The second-order valence-electron chi connectivity index (χ2n) is 4.47. The highest BCUT2D eigenvalue weighted by molar-refractivity contribution is 5.94. The Morgan fingerprint density at radius 1 is 1.56 bits per heavy atom. The maximum atomic E-state index is 11.9. The van der Waals surface area contributed by atoms with E-state index in [1.54, 1.807) is 11.9 Å². The lowest BCUT2D eigenvalue weighted by Gasteiger charge is -2.17. The van der Waals surface area contributed by atoms with Crippen LogP contribution in [-0.4, -0.2) is 24.0 Å². The predicted molar refractivity (Wildman–Crippen MR) is 70.3 cm³/mol. The van der Waals surface area contributed by atoms with Gasteiger partial charge in [0.15, 0.2) is 12.0 Å². The third kappa shape index (κ3) is 2.68. The largest absolute Gasteiger partial charge is 0.443 e. The molecule has 2 rings (SSSR count). The minimum Gasteiger partial charge on any atom is -0.443 e. The quantitative estimate of drug-likeness (QED) is 0.895. The first-order valence-corrected chi connectivity index (χ1v) is 5.93. The summed E-state index contributed by atoms with van der Waals surface area (Å²) in [5.74, 6) is 0.0474. The van der Waals surface area contributed by atoms with E-state index in [2.05, 4.69) is 4.98 Å². The minimum atomic E-state index is 0.0408. The summed E-state index contributed by atoms with van der Waals surface area (Å²) >= 11 is 0. The van der Waals surface area contributed by atoms with E-state index in [1.165, 1.54) is 6.39 Å². The van der Waals surface area contributed by atoms with Crippen LogP contribution < -0.4 is 10.6 Å². The molecule has 1 unspecified atom stereocenters. The Hall–Kier alpha value is -1.88. The minimum absolute atomic E-state index is 0.0408. The number of carbonyl (C=O) groups excluding carboxylic acids is 1. The van der Waals surface area contributed by atoms with Crippen LogP contribution in [0.4, 0.5) is 5.69 Å². The van der Waals surface area contributed by atoms with E-state index < -0.39 is 0 Å². The van der Waals surface area contributed by atoms with Gasteiger partial charge in [-0.1, -0.05) is 0 Å². The first-order chi connectivity index (χ1) is 8.58. The normalized spacial score (nSPS) is 12.6. The zero-order valence-corrected chi connectivity index (χ0v) is 10.6. The number of rotatable bonds is 4. The average Bonchev–Trinajstić information content (AvgIpc) is 2.81. The molecule has 0 saturated carbocycles. The van der Waals surface area contributed by atoms with Crippen LogP contribution in [0.5, 0.6) is 0 Å². The molecule has 1 atom stereocenters. The monoisotopic (exact) mass is 247 g/mol. The molecule has 2 aromatic rings. The second-order valence-corrected chi connectivity index (χ2v) is 4.47. The fraction of sp³-hybridized carbons (Fsp3) is 0.385. The molecule has 0 radical (unpaired) electrons. The van der Waals surface area contributed by atoms with Gasteiger partial charge in [-0.05, 0) is 25.5 Å². The standard InChI is InChI=1S/C13H17N3O2/c1-9(14)3-6-13(17)16(2)10-4-5-11-12(7-10)18-8-15-11/h4-5,7-9H,3,6,14H2,1-2H3. The first kappa shape index (κ1) is 12.6. The molecule has 0 aliphatic rings. The highest BCUT2D eigenvalue weighted by Crippen LogP contribution is 2.21. The lowest BCUT2D eigenvalue weighted by Crippen LogP contribution is -2.28. The topological polar surface area (TPSA) is 72.4 Å². The van der Waals surface area contributed by atoms with Crippen LogP contribution in [0.1, 0.15) is 19.8 Å². The van der Waals surface area contributed by atoms with E-state index in [9.17, 15) is 4.79 Å². The number of oxazole rings is 1. The molecule has 18 heavy (non-hydrogen) atoms. The molecule has 2 N–H and O–H groups in total. The smallest absolute Gasteiger partial charge is 0.226 e. The van der Waals surface area contributed by atoms with Gasteiger partial charge in [-0.15, -0.1) is 0 Å². The number of fused-ring (bicyclic) bond motifs is 1. The maximum Gasteiger partial charge on any atom is 0.226 e. The van der Waals surface area contributed by atoms with Gasteiger partial charge in [-0.3, -0.25) is 4.79 Å². The number of amides is 1. The van der Waals surface area contributed by atoms with E-state index >= 15 is 0 Å². The van der Waals surface area contributed by atoms with E-state index in [0.717, 1.165) is 11.2 Å². The van der Waals surface area contributed by atoms with Crippen LogP contribution in [-0.2, 0) is 4.79 Å². The van der Waals surface area contributed by atoms with Crippen molar-refractivity contribution in [3.05, 3.63) is 24.6 Å². The summed E-state index contributed by atoms with van der Waals surface area (Å²) in [6.07, 6.45) is 2.53. The molecule has 0 aliphatic heterocycles. The third-order valence-corrected chi connectivity index (χ3v) is 2.89. The molecular weight excluding hydrogens is 230 g/mol. The fourth-order valence-corrected chi connectivity index (χ4v) is 1.72. The summed E-state index contributed by atoms with van der Waals surface area (Å²) in [5.41, 5.74) is 7.91. The van der Waals surface area contributed by atoms with Crippen LogP contribution in [0.3, 0.4) is 0 Å². The first-order valence-electron chi connectivity index (χ1n) is 5.93. The number of aromatic nitrogens is 1. The molecule has 1 heterocycles. The highest BCUT2D eigenvalue weighted by Gasteiger charge is 2.12. The van der Waals surface area contributed by atoms with Crippen LogP contribution >= 0.6 is 0 Å². The van der Waals surface area contributed by atoms with Gasteiger partial charge in [0.2, 0.25) is 5.91 Å². The molecule has 5 heteroatoms. The maximum absolute atomic E-state index is 11.9. The molecular formula is C13H17N3O2. The fourth-order valence-electron chi connectivity index (χ4n) is 1.72. The van der Waals surface area contributed by atoms with E-state index in [1.807, 2.05) is 25.1 Å². The van der Waals surface area contributed by atoms with Gasteiger partial charge in [0.05, 0.1) is 0 Å². The molecule has 0 spiro atoms.